The lowest BCUT2D eigenvalue weighted by Crippen LogP contribution is -1.77. The van der Waals surface area contributed by atoms with Crippen LogP contribution in [0.15, 0.2) is 127 Å². The van der Waals surface area contributed by atoms with Crippen LogP contribution in [0.2, 0.25) is 0 Å². The largest absolute Gasteiger partial charge is 0.457 e. The van der Waals surface area contributed by atoms with Gasteiger partial charge < -0.3 is 17.7 Å². The molecule has 0 radical (unpaired) electrons. The summed E-state index contributed by atoms with van der Waals surface area (Å²) >= 11 is 0. The zero-order valence-corrected chi connectivity index (χ0v) is 21.0. The summed E-state index contributed by atoms with van der Waals surface area (Å²) in [5.74, 6) is 0. The Labute approximate surface area is 218 Å². The predicted molar refractivity (Wildman–Crippen MR) is 154 cm³/mol. The Morgan fingerprint density at radius 1 is 0.316 bits per heavy atom. The van der Waals surface area contributed by atoms with Crippen molar-refractivity contribution in [2.45, 2.75) is 13.8 Å². The highest BCUT2D eigenvalue weighted by molar-refractivity contribution is 5.90. The molecule has 0 atom stereocenters. The molecule has 4 nitrogen and oxygen atoms in total. The van der Waals surface area contributed by atoms with Crippen molar-refractivity contribution in [2.24, 2.45) is 0 Å². The molecule has 6 aromatic carbocycles. The molecular weight excluding hydrogens is 472 g/mol. The van der Waals surface area contributed by atoms with E-state index in [1.54, 1.807) is 0 Å². The summed E-state index contributed by atoms with van der Waals surface area (Å²) in [6.07, 6.45) is 0. The second-order valence-electron chi connectivity index (χ2n) is 9.60. The van der Waals surface area contributed by atoms with Crippen molar-refractivity contribution < 1.29 is 17.7 Å². The Bertz CT molecular complexity index is 2020. The summed E-state index contributed by atoms with van der Waals surface area (Å²) in [6, 6.07) is 36.0. The van der Waals surface area contributed by atoms with E-state index in [2.05, 4.69) is 24.3 Å². The summed E-state index contributed by atoms with van der Waals surface area (Å²) in [7, 11) is 0. The Balaban J connectivity index is 1.57. The molecule has 0 aliphatic heterocycles. The quantitative estimate of drug-likeness (QED) is 0.209. The highest BCUT2D eigenvalue weighted by Gasteiger charge is 2.01. The zero-order chi connectivity index (χ0) is 25.6. The van der Waals surface area contributed by atoms with E-state index in [0.29, 0.717) is 0 Å². The van der Waals surface area contributed by atoms with Crippen molar-refractivity contribution in [2.75, 3.05) is 0 Å². The van der Waals surface area contributed by atoms with Crippen molar-refractivity contribution in [1.82, 2.24) is 0 Å². The summed E-state index contributed by atoms with van der Waals surface area (Å²) in [4.78, 5) is 0. The molecule has 4 aromatic heterocycles. The Morgan fingerprint density at radius 2 is 0.632 bits per heavy atom. The van der Waals surface area contributed by atoms with Crippen molar-refractivity contribution >= 4 is 66.2 Å². The van der Waals surface area contributed by atoms with E-state index in [1.165, 1.54) is 0 Å². The first kappa shape index (κ1) is 22.3. The van der Waals surface area contributed by atoms with E-state index in [4.69, 9.17) is 17.7 Å². The van der Waals surface area contributed by atoms with Crippen LogP contribution in [-0.4, -0.2) is 0 Å². The number of aryl methyl sites for hydroxylation is 2. The molecule has 4 heteroatoms. The average Bonchev–Trinajstić information content (AvgIpc) is 2.91. The Kier molecular flexibility index (Phi) is 5.19. The molecule has 0 saturated heterocycles. The monoisotopic (exact) mass is 496 g/mol. The van der Waals surface area contributed by atoms with Gasteiger partial charge in [-0.25, -0.2) is 0 Å². The summed E-state index contributed by atoms with van der Waals surface area (Å²) in [5.41, 5.74) is 8.06. The van der Waals surface area contributed by atoms with Crippen LogP contribution in [0.5, 0.6) is 0 Å². The molecule has 0 unspecified atom stereocenters. The standard InChI is InChI=1S/C34H24O4/c1-21-15-27-11-13-33(21)37-31-9-5-24-6-10-32(20-26(24)19-31)38-34-14-12-28(16-22(34)2)36-30-8-4-23-3-7-29(35-27)17-25(23)18-30/h3-20H,1-2H3. The minimum absolute atomic E-state index is 0.750. The van der Waals surface area contributed by atoms with Gasteiger partial charge >= 0.3 is 0 Å². The van der Waals surface area contributed by atoms with Gasteiger partial charge in [-0.2, -0.15) is 0 Å². The van der Waals surface area contributed by atoms with Gasteiger partial charge in [0.15, 0.2) is 0 Å². The van der Waals surface area contributed by atoms with Gasteiger partial charge in [0.05, 0.1) is 0 Å². The molecule has 0 spiro atoms. The Hall–Kier alpha value is -4.96. The molecule has 0 amide bonds. The summed E-state index contributed by atoms with van der Waals surface area (Å²) < 4.78 is 25.0. The van der Waals surface area contributed by atoms with Crippen LogP contribution in [0.4, 0.5) is 0 Å². The second kappa shape index (κ2) is 8.86. The third kappa shape index (κ3) is 4.27. The average molecular weight is 497 g/mol. The molecule has 0 fully saturated rings. The molecule has 10 aromatic rings. The molecule has 184 valence electrons. The fraction of sp³-hybridized carbons (Fsp3) is 0.0588. The van der Waals surface area contributed by atoms with Gasteiger partial charge in [0, 0.05) is 0 Å². The lowest BCUT2D eigenvalue weighted by molar-refractivity contribution is 0.642. The number of benzene rings is 6. The second-order valence-corrected chi connectivity index (χ2v) is 9.60. The maximum Gasteiger partial charge on any atom is 0.130 e. The molecule has 10 rings (SSSR count). The summed E-state index contributed by atoms with van der Waals surface area (Å²) in [6.45, 7) is 4.04. The van der Waals surface area contributed by atoms with Gasteiger partial charge in [-0.1, -0.05) is 24.3 Å². The van der Waals surface area contributed by atoms with E-state index < -0.39 is 0 Å². The summed E-state index contributed by atoms with van der Waals surface area (Å²) in [5, 5.41) is 4.29. The molecule has 0 aliphatic rings. The highest BCUT2D eigenvalue weighted by atomic mass is 16.3. The number of rotatable bonds is 0. The van der Waals surface area contributed by atoms with Crippen LogP contribution in [0.3, 0.4) is 0 Å². The molecule has 4 heterocycles. The molecule has 0 N–H and O–H groups in total. The third-order valence-corrected chi connectivity index (χ3v) is 6.79. The lowest BCUT2D eigenvalue weighted by atomic mass is 10.1. The molecule has 0 aliphatic carbocycles. The van der Waals surface area contributed by atoms with Gasteiger partial charge in [-0.05, 0) is 131 Å². The molecule has 10 bridgehead atoms. The minimum Gasteiger partial charge on any atom is -0.457 e. The van der Waals surface area contributed by atoms with E-state index in [1.807, 2.05) is 98.8 Å². The van der Waals surface area contributed by atoms with Crippen molar-refractivity contribution in [3.05, 3.63) is 120 Å². The topological polar surface area (TPSA) is 52.6 Å². The van der Waals surface area contributed by atoms with Crippen LogP contribution in [-0.2, 0) is 0 Å². The zero-order valence-electron chi connectivity index (χ0n) is 21.0. The lowest BCUT2D eigenvalue weighted by Gasteiger charge is -2.02. The van der Waals surface area contributed by atoms with Crippen LogP contribution in [0.1, 0.15) is 11.1 Å². The van der Waals surface area contributed by atoms with E-state index in [0.717, 1.165) is 77.3 Å². The fourth-order valence-electron chi connectivity index (χ4n) is 4.79. The molecule has 0 saturated carbocycles. The van der Waals surface area contributed by atoms with Gasteiger partial charge in [0.1, 0.15) is 44.7 Å². The first-order valence-corrected chi connectivity index (χ1v) is 12.6. The fourth-order valence-corrected chi connectivity index (χ4v) is 4.79. The normalized spacial score (nSPS) is 11.4. The van der Waals surface area contributed by atoms with Crippen LogP contribution in [0.25, 0.3) is 66.2 Å². The van der Waals surface area contributed by atoms with Crippen molar-refractivity contribution in [3.63, 3.8) is 0 Å². The first-order valence-electron chi connectivity index (χ1n) is 12.6. The van der Waals surface area contributed by atoms with Gasteiger partial charge in [0.25, 0.3) is 0 Å². The van der Waals surface area contributed by atoms with E-state index in [9.17, 15) is 0 Å². The molecular formula is C34H24O4. The Morgan fingerprint density at radius 3 is 1.00 bits per heavy atom. The van der Waals surface area contributed by atoms with Crippen LogP contribution >= 0.6 is 0 Å². The van der Waals surface area contributed by atoms with Crippen LogP contribution < -0.4 is 0 Å². The van der Waals surface area contributed by atoms with Crippen LogP contribution in [0, 0.1) is 13.8 Å². The number of hydrogen-bond acceptors (Lipinski definition) is 4. The van der Waals surface area contributed by atoms with Gasteiger partial charge in [-0.15, -0.1) is 0 Å². The van der Waals surface area contributed by atoms with E-state index >= 15 is 0 Å². The third-order valence-electron chi connectivity index (χ3n) is 6.79. The van der Waals surface area contributed by atoms with Crippen molar-refractivity contribution in [1.29, 1.82) is 0 Å². The smallest absolute Gasteiger partial charge is 0.130 e. The van der Waals surface area contributed by atoms with Gasteiger partial charge in [0.2, 0.25) is 0 Å². The first-order chi connectivity index (χ1) is 18.6. The van der Waals surface area contributed by atoms with Crippen molar-refractivity contribution in [3.8, 4) is 0 Å². The SMILES string of the molecule is Cc1cc2ccc1oc1ccc3ccc(cc3c1)oc1ccc(cc1C)oc1ccc3ccc(cc3c1)o2. The van der Waals surface area contributed by atoms with E-state index in [-0.39, 0.29) is 0 Å². The maximum atomic E-state index is 6.27. The minimum atomic E-state index is 0.750. The number of hydrogen-bond donors (Lipinski definition) is 0. The highest BCUT2D eigenvalue weighted by Crippen LogP contribution is 2.24. The maximum absolute atomic E-state index is 6.27. The van der Waals surface area contributed by atoms with Gasteiger partial charge in [-0.3, -0.25) is 0 Å². The predicted octanol–water partition coefficient (Wildman–Crippen LogP) is 10.4. The molecule has 38 heavy (non-hydrogen) atoms.